The molecule has 0 unspecified atom stereocenters. The summed E-state index contributed by atoms with van der Waals surface area (Å²) in [6.45, 7) is 3.31. The van der Waals surface area contributed by atoms with E-state index in [1.807, 2.05) is 0 Å². The molecule has 0 aliphatic rings. The summed E-state index contributed by atoms with van der Waals surface area (Å²) in [4.78, 5) is 23.6. The molecule has 0 radical (unpaired) electrons. The Morgan fingerprint density at radius 1 is 0.667 bits per heavy atom. The first-order valence-electron chi connectivity index (χ1n) is 16.5. The number of hydrogen-bond donors (Lipinski definition) is 0. The highest BCUT2D eigenvalue weighted by atomic mass is 19.4. The van der Waals surface area contributed by atoms with Crippen molar-refractivity contribution in [2.24, 2.45) is 0 Å². The Kier molecular flexibility index (Phi) is 14.8. The van der Waals surface area contributed by atoms with Crippen molar-refractivity contribution < 1.29 is 63.3 Å². The molecule has 0 N–H and O–H groups in total. The minimum Gasteiger partial charge on any atom is -0.494 e. The van der Waals surface area contributed by atoms with Crippen molar-refractivity contribution in [2.45, 2.75) is 95.8 Å². The van der Waals surface area contributed by atoms with Gasteiger partial charge >= 0.3 is 30.0 Å². The van der Waals surface area contributed by atoms with Crippen molar-refractivity contribution in [3.05, 3.63) is 77.9 Å². The Morgan fingerprint density at radius 3 is 1.80 bits per heavy atom. The molecule has 0 aromatic heterocycles. The van der Waals surface area contributed by atoms with E-state index in [1.54, 1.807) is 55.5 Å². The van der Waals surface area contributed by atoms with Gasteiger partial charge in [0.25, 0.3) is 0 Å². The summed E-state index contributed by atoms with van der Waals surface area (Å²) in [5.41, 5.74) is 1.50. The van der Waals surface area contributed by atoms with Crippen LogP contribution in [0.2, 0.25) is 0 Å². The molecule has 0 fully saturated rings. The number of halogens is 9. The predicted octanol–water partition coefficient (Wildman–Crippen LogP) is 11.1. The third-order valence-corrected chi connectivity index (χ3v) is 8.01. The van der Waals surface area contributed by atoms with E-state index in [9.17, 15) is 44.7 Å². The lowest BCUT2D eigenvalue weighted by Gasteiger charge is -2.26. The maximum absolute atomic E-state index is 15.0. The first-order chi connectivity index (χ1) is 24.0. The lowest BCUT2D eigenvalue weighted by molar-refractivity contribution is -0.348. The number of esters is 2. The van der Waals surface area contributed by atoms with Gasteiger partial charge in [-0.1, -0.05) is 68.7 Å². The Balaban J connectivity index is 1.44. The van der Waals surface area contributed by atoms with Crippen molar-refractivity contribution in [1.29, 1.82) is 0 Å². The monoisotopic (exact) mass is 734 g/mol. The van der Waals surface area contributed by atoms with Gasteiger partial charge in [-0.2, -0.15) is 30.7 Å². The summed E-state index contributed by atoms with van der Waals surface area (Å²) in [5.74, 6) is -18.4. The molecule has 0 amide bonds. The molecular weight excluding hydrogens is 695 g/mol. The van der Waals surface area contributed by atoms with Gasteiger partial charge in [-0.25, -0.2) is 18.4 Å². The third-order valence-electron chi connectivity index (χ3n) is 8.01. The average molecular weight is 735 g/mol. The van der Waals surface area contributed by atoms with Crippen LogP contribution in [0.15, 0.2) is 60.7 Å². The quantitative estimate of drug-likeness (QED) is 0.0697. The molecule has 1 atom stereocenters. The van der Waals surface area contributed by atoms with E-state index in [2.05, 4.69) is 11.7 Å². The zero-order valence-corrected chi connectivity index (χ0v) is 28.1. The number of hydrogen-bond acceptors (Lipinski definition) is 5. The number of benzene rings is 3. The van der Waals surface area contributed by atoms with E-state index in [-0.39, 0.29) is 18.6 Å². The molecule has 0 aliphatic carbocycles. The first-order valence-corrected chi connectivity index (χ1v) is 16.5. The fourth-order valence-corrected chi connectivity index (χ4v) is 4.99. The van der Waals surface area contributed by atoms with E-state index >= 15 is 4.39 Å². The van der Waals surface area contributed by atoms with E-state index < -0.39 is 59.9 Å². The largest absolute Gasteiger partial charge is 0.494 e. The molecule has 3 aromatic rings. The van der Waals surface area contributed by atoms with Gasteiger partial charge in [0.05, 0.1) is 24.9 Å². The summed E-state index contributed by atoms with van der Waals surface area (Å²) >= 11 is 0. The van der Waals surface area contributed by atoms with Crippen LogP contribution in [0.3, 0.4) is 0 Å². The summed E-state index contributed by atoms with van der Waals surface area (Å²) in [6, 6.07) is 16.2. The Hall–Kier alpha value is -4.23. The summed E-state index contributed by atoms with van der Waals surface area (Å²) in [7, 11) is 0. The van der Waals surface area contributed by atoms with Crippen molar-refractivity contribution in [1.82, 2.24) is 0 Å². The molecule has 14 heteroatoms. The second-order valence-corrected chi connectivity index (χ2v) is 12.0. The van der Waals surface area contributed by atoms with Crippen LogP contribution in [-0.4, -0.2) is 49.3 Å². The molecule has 5 nitrogen and oxygen atoms in total. The number of ether oxygens (including phenoxy) is 3. The van der Waals surface area contributed by atoms with E-state index in [1.165, 1.54) is 12.1 Å². The molecule has 0 bridgehead atoms. The van der Waals surface area contributed by atoms with Crippen LogP contribution in [0, 0.1) is 11.6 Å². The molecule has 280 valence electrons. The number of unbranched alkanes of at least 4 members (excludes halogenated alkanes) is 6. The molecular formula is C37H39F9O5. The van der Waals surface area contributed by atoms with Crippen molar-refractivity contribution in [2.75, 3.05) is 13.2 Å². The highest BCUT2D eigenvalue weighted by Crippen LogP contribution is 2.47. The fraction of sp³-hybridized carbons (Fsp3) is 0.459. The van der Waals surface area contributed by atoms with Crippen LogP contribution in [0.25, 0.3) is 22.3 Å². The molecule has 0 aliphatic heterocycles. The van der Waals surface area contributed by atoms with Gasteiger partial charge in [-0.3, -0.25) is 0 Å². The van der Waals surface area contributed by atoms with E-state index in [0.717, 1.165) is 36.8 Å². The standard InChI is InChI=1S/C37H39F9O5/c1-3-4-5-8-11-24(2)51-33(47)30-21-20-29(31(38)32(30)39)27-14-12-25(13-15-27)26-16-18-28(19-17-26)49-22-9-6-7-10-23-50-34(48)35(40,41)36(42,43)37(44,45)46/h12-21,24H,3-11,22-23H2,1-2H3/t24-/m0/s1. The molecule has 3 aromatic carbocycles. The predicted molar refractivity (Wildman–Crippen MR) is 172 cm³/mol. The summed E-state index contributed by atoms with van der Waals surface area (Å²) in [6.07, 6.45) is -1.17. The zero-order valence-electron chi connectivity index (χ0n) is 28.1. The number of alkyl halides is 7. The zero-order chi connectivity index (χ0) is 37.8. The fourth-order valence-electron chi connectivity index (χ4n) is 4.99. The van der Waals surface area contributed by atoms with Crippen LogP contribution in [0.4, 0.5) is 39.5 Å². The maximum Gasteiger partial charge on any atom is 0.460 e. The second kappa shape index (κ2) is 18.3. The van der Waals surface area contributed by atoms with E-state index in [0.29, 0.717) is 37.0 Å². The topological polar surface area (TPSA) is 61.8 Å². The van der Waals surface area contributed by atoms with Crippen LogP contribution in [0.5, 0.6) is 5.75 Å². The second-order valence-electron chi connectivity index (χ2n) is 12.0. The summed E-state index contributed by atoms with van der Waals surface area (Å²) < 4.78 is 134. The first kappa shape index (κ1) is 41.2. The Bertz CT molecular complexity index is 1570. The Morgan fingerprint density at radius 2 is 1.22 bits per heavy atom. The molecule has 51 heavy (non-hydrogen) atoms. The molecule has 0 heterocycles. The number of carbonyl (C=O) groups excluding carboxylic acids is 2. The molecule has 0 saturated carbocycles. The van der Waals surface area contributed by atoms with Crippen LogP contribution >= 0.6 is 0 Å². The van der Waals surface area contributed by atoms with Crippen LogP contribution < -0.4 is 4.74 Å². The van der Waals surface area contributed by atoms with Gasteiger partial charge in [0.1, 0.15) is 5.75 Å². The average Bonchev–Trinajstić information content (AvgIpc) is 3.08. The maximum atomic E-state index is 15.0. The van der Waals surface area contributed by atoms with Gasteiger partial charge in [-0.15, -0.1) is 0 Å². The highest BCUT2D eigenvalue weighted by Gasteiger charge is 2.77. The normalized spacial score (nSPS) is 12.8. The lowest BCUT2D eigenvalue weighted by atomic mass is 9.98. The van der Waals surface area contributed by atoms with Gasteiger partial charge in [-0.05, 0) is 80.3 Å². The third kappa shape index (κ3) is 10.9. The minimum atomic E-state index is -6.62. The molecule has 3 rings (SSSR count). The van der Waals surface area contributed by atoms with Gasteiger partial charge in [0.2, 0.25) is 0 Å². The SMILES string of the molecule is CCCCCC[C@H](C)OC(=O)c1ccc(-c2ccc(-c3ccc(OCCCCCCOC(=O)C(F)(F)C(F)(F)C(F)(F)F)cc3)cc2)c(F)c1F. The number of carbonyl (C=O) groups is 2. The van der Waals surface area contributed by atoms with Gasteiger partial charge in [0, 0.05) is 5.56 Å². The Labute approximate surface area is 290 Å². The lowest BCUT2D eigenvalue weighted by Crippen LogP contribution is -2.56. The van der Waals surface area contributed by atoms with Crippen molar-refractivity contribution >= 4 is 11.9 Å². The highest BCUT2D eigenvalue weighted by molar-refractivity contribution is 5.90. The van der Waals surface area contributed by atoms with Crippen molar-refractivity contribution in [3.63, 3.8) is 0 Å². The minimum absolute atomic E-state index is 0.0138. The number of rotatable bonds is 19. The van der Waals surface area contributed by atoms with Crippen LogP contribution in [-0.2, 0) is 14.3 Å². The van der Waals surface area contributed by atoms with E-state index in [4.69, 9.17) is 9.47 Å². The van der Waals surface area contributed by atoms with Gasteiger partial charge < -0.3 is 14.2 Å². The summed E-state index contributed by atoms with van der Waals surface area (Å²) in [5, 5.41) is 0. The molecule has 0 saturated heterocycles. The molecule has 0 spiro atoms. The van der Waals surface area contributed by atoms with Gasteiger partial charge in [0.15, 0.2) is 11.6 Å². The smallest absolute Gasteiger partial charge is 0.460 e. The van der Waals surface area contributed by atoms with Crippen molar-refractivity contribution in [3.8, 4) is 28.0 Å². The van der Waals surface area contributed by atoms with Crippen LogP contribution in [0.1, 0.15) is 82.0 Å².